The number of hydrogen-bond donors (Lipinski definition) is 12. The van der Waals surface area contributed by atoms with Crippen LogP contribution in [0.15, 0.2) is 0 Å². The van der Waals surface area contributed by atoms with Crippen LogP contribution in [0, 0.1) is 0 Å². The number of carbonyl (C=O) groups is 8. The molecule has 8 atom stereocenters. The topological polar surface area (TPSA) is 451 Å². The van der Waals surface area contributed by atoms with Crippen molar-refractivity contribution in [3.8, 4) is 0 Å². The van der Waals surface area contributed by atoms with Gasteiger partial charge in [0.2, 0.25) is 11.8 Å². The molecule has 0 fully saturated rings. The fourth-order valence-electron chi connectivity index (χ4n) is 3.27. The highest BCUT2D eigenvalue weighted by molar-refractivity contribution is 5.81. The zero-order chi connectivity index (χ0) is 46.0. The quantitative estimate of drug-likeness (QED) is 0.0246. The third kappa shape index (κ3) is 34.4. The Kier molecular flexibility index (Phi) is 37.7. The van der Waals surface area contributed by atoms with Crippen LogP contribution < -0.4 is 34.4 Å². The second-order valence-corrected chi connectivity index (χ2v) is 11.1. The summed E-state index contributed by atoms with van der Waals surface area (Å²) in [4.78, 5) is 83.9. The van der Waals surface area contributed by atoms with E-state index in [1.165, 1.54) is 0 Å². The van der Waals surface area contributed by atoms with E-state index in [0.717, 1.165) is 0 Å². The lowest BCUT2D eigenvalue weighted by Gasteiger charge is -2.16. The smallest absolute Gasteiger partial charge is 0.332 e. The van der Waals surface area contributed by atoms with Crippen LogP contribution in [-0.4, -0.2) is 180 Å². The van der Waals surface area contributed by atoms with Gasteiger partial charge < -0.3 is 84.0 Å². The lowest BCUT2D eigenvalue weighted by molar-refractivity contribution is -0.153. The number of hydrogen-bond acceptors (Lipinski definition) is 16. The molecular weight excluding hydrogens is 804 g/mol. The summed E-state index contributed by atoms with van der Waals surface area (Å²) in [5.41, 5.74) is 30.4. The van der Waals surface area contributed by atoms with E-state index < -0.39 is 123 Å². The van der Waals surface area contributed by atoms with Crippen molar-refractivity contribution in [3.05, 3.63) is 0 Å². The van der Waals surface area contributed by atoms with Crippen molar-refractivity contribution in [1.82, 2.24) is 0 Å². The molecule has 340 valence electrons. The van der Waals surface area contributed by atoms with Crippen molar-refractivity contribution in [2.45, 2.75) is 87.1 Å². The molecule has 8 unspecified atom stereocenters. The number of aliphatic carboxylic acids is 6. The average Bonchev–Trinajstić information content (AvgIpc) is 3.14. The Hall–Kier alpha value is -4.84. The summed E-state index contributed by atoms with van der Waals surface area (Å²) in [6.45, 7) is -3.54. The van der Waals surface area contributed by atoms with E-state index >= 15 is 0 Å². The molecule has 24 nitrogen and oxygen atoms in total. The summed E-state index contributed by atoms with van der Waals surface area (Å²) in [6.07, 6.45) is -5.90. The van der Waals surface area contributed by atoms with Crippen LogP contribution in [0.2, 0.25) is 0 Å². The highest BCUT2D eigenvalue weighted by Gasteiger charge is 2.27. The highest BCUT2D eigenvalue weighted by Crippen LogP contribution is 2.06. The van der Waals surface area contributed by atoms with Gasteiger partial charge in [0.15, 0.2) is 12.2 Å². The Balaban J connectivity index is -0.000000335. The van der Waals surface area contributed by atoms with Crippen molar-refractivity contribution in [3.63, 3.8) is 0 Å². The fraction of sp³-hybridized carbons (Fsp3) is 0.733. The van der Waals surface area contributed by atoms with Crippen molar-refractivity contribution in [2.24, 2.45) is 34.4 Å². The zero-order valence-electron chi connectivity index (χ0n) is 31.1. The predicted molar refractivity (Wildman–Crippen MR) is 187 cm³/mol. The fourth-order valence-corrected chi connectivity index (χ4v) is 3.27. The minimum absolute atomic E-state index is 0.0104. The third-order valence-corrected chi connectivity index (χ3v) is 6.31. The molecule has 0 aliphatic carbocycles. The van der Waals surface area contributed by atoms with Gasteiger partial charge in [-0.3, -0.25) is 37.5 Å². The number of primary amides is 2. The summed E-state index contributed by atoms with van der Waals surface area (Å²) in [5, 5.41) is 50.9. The first-order valence-corrected chi connectivity index (χ1v) is 16.6. The predicted octanol–water partition coefficient (Wildman–Crippen LogP) is -3.51. The molecule has 28 heteroatoms. The molecule has 0 heterocycles. The number of nitrogens with two attached hydrogens (primary N) is 6. The molecule has 0 bridgehead atoms. The summed E-state index contributed by atoms with van der Waals surface area (Å²) >= 11 is 0. The van der Waals surface area contributed by atoms with Crippen LogP contribution >= 0.6 is 0 Å². The number of ether oxygens (including phenoxy) is 4. The van der Waals surface area contributed by atoms with Gasteiger partial charge in [-0.05, 0) is 12.8 Å². The summed E-state index contributed by atoms with van der Waals surface area (Å²) < 4.78 is 65.7. The highest BCUT2D eigenvalue weighted by atomic mass is 18.2. The van der Waals surface area contributed by atoms with E-state index in [0.29, 0.717) is 0 Å². The van der Waals surface area contributed by atoms with E-state index in [1.807, 2.05) is 0 Å². The van der Waals surface area contributed by atoms with Crippen molar-refractivity contribution in [2.75, 3.05) is 53.1 Å². The van der Waals surface area contributed by atoms with Crippen LogP contribution in [0.3, 0.4) is 0 Å². The van der Waals surface area contributed by atoms with Gasteiger partial charge in [0, 0.05) is 25.7 Å². The first-order valence-electron chi connectivity index (χ1n) is 16.6. The Labute approximate surface area is 328 Å². The summed E-state index contributed by atoms with van der Waals surface area (Å²) in [7, 11) is 0. The number of carboxylic acids is 6. The molecule has 0 aliphatic rings. The van der Waals surface area contributed by atoms with Crippen LogP contribution in [0.5, 0.6) is 0 Å². The second kappa shape index (κ2) is 36.5. The molecule has 2 amide bonds. The van der Waals surface area contributed by atoms with Crippen LogP contribution in [0.4, 0.5) is 17.6 Å². The molecule has 58 heavy (non-hydrogen) atoms. The number of carbonyl (C=O) groups excluding carboxylic acids is 2. The summed E-state index contributed by atoms with van der Waals surface area (Å²) in [5.74, 6) is -9.42. The van der Waals surface area contributed by atoms with E-state index in [4.69, 9.17) is 74.5 Å². The first-order chi connectivity index (χ1) is 26.9. The molecule has 0 rings (SSSR count). The molecule has 0 radical (unpaired) electrons. The minimum Gasteiger partial charge on any atom is -0.480 e. The second-order valence-electron chi connectivity index (χ2n) is 11.1. The zero-order valence-corrected chi connectivity index (χ0v) is 31.1. The van der Waals surface area contributed by atoms with Gasteiger partial charge in [-0.2, -0.15) is 0 Å². The first kappa shape index (κ1) is 59.8. The molecule has 18 N–H and O–H groups in total. The number of carboxylic acid groups (broad SMARTS) is 6. The molecule has 0 aromatic carbocycles. The number of halogens is 4. The van der Waals surface area contributed by atoms with Crippen molar-refractivity contribution < 1.29 is 106 Å². The maximum absolute atomic E-state index is 11.7. The molecule has 0 saturated carbocycles. The maximum Gasteiger partial charge on any atom is 0.332 e. The normalized spacial score (nSPS) is 14.6. The van der Waals surface area contributed by atoms with Crippen LogP contribution in [-0.2, 0) is 57.3 Å². The van der Waals surface area contributed by atoms with E-state index in [1.54, 1.807) is 0 Å². The molecule has 0 aliphatic heterocycles. The van der Waals surface area contributed by atoms with Gasteiger partial charge in [0.25, 0.3) is 0 Å². The molecule has 0 spiro atoms. The molecular formula is C30H54F4N6O18. The largest absolute Gasteiger partial charge is 0.480 e. The van der Waals surface area contributed by atoms with E-state index in [-0.39, 0.29) is 65.0 Å². The number of amides is 2. The van der Waals surface area contributed by atoms with Gasteiger partial charge in [0.05, 0.1) is 39.8 Å². The van der Waals surface area contributed by atoms with Gasteiger partial charge in [-0.15, -0.1) is 0 Å². The monoisotopic (exact) mass is 858 g/mol. The molecule has 0 aromatic heterocycles. The van der Waals surface area contributed by atoms with E-state index in [2.05, 4.69) is 9.47 Å². The van der Waals surface area contributed by atoms with Gasteiger partial charge in [-0.25, -0.2) is 18.4 Å². The minimum atomic E-state index is -1.38. The lowest BCUT2D eigenvalue weighted by Crippen LogP contribution is -2.41. The standard InChI is InChI=1S/C8H15FN2O4.C8H14FNO5.C7H13FN2O4.C7H12FNO5/c9-2-1-3-15-6(7(11)12)4-5(10)8(13)14;9-2-1-3-15-6(8(13)14)4-5(10)7(11)12;8-1-2-14-5(6(10)11)3-4(9)7(12)13;8-1-2-14-5(7(12)13)3-4(9)6(10)11/h5-6H,1-4,10H2,(H2,11,12)(H,13,14);5-6H,1-4,10H2,(H,11,12)(H,13,14);4-5H,1-3,9H2,(H2,10,11)(H,12,13);4-5H,1-3,9H2,(H,10,11)(H,12,13)/i2*9-1;2*8-1. The average molecular weight is 859 g/mol. The Morgan fingerprint density at radius 2 is 0.603 bits per heavy atom. The molecule has 0 saturated heterocycles. The van der Waals surface area contributed by atoms with E-state index in [9.17, 15) is 55.9 Å². The Morgan fingerprint density at radius 1 is 0.379 bits per heavy atom. The van der Waals surface area contributed by atoms with Gasteiger partial charge in [0.1, 0.15) is 49.7 Å². The number of rotatable bonds is 30. The molecule has 0 aromatic rings. The SMILES string of the molecule is NC(=O)C(CC(N)C(=O)O)OCCC[18F].NC(=O)C(CC(N)C(=O)O)OCC[18F].NC(CC(OCCC[18F])C(=O)O)C(=O)O.NC(CC(OCC[18F])C(=O)O)C(=O)O. The maximum atomic E-state index is 11.7. The van der Waals surface area contributed by atoms with Crippen LogP contribution in [0.25, 0.3) is 0 Å². The van der Waals surface area contributed by atoms with Crippen molar-refractivity contribution in [1.29, 1.82) is 0 Å². The van der Waals surface area contributed by atoms with Gasteiger partial charge in [-0.1, -0.05) is 0 Å². The third-order valence-electron chi connectivity index (χ3n) is 6.31. The Morgan fingerprint density at radius 3 is 0.810 bits per heavy atom. The van der Waals surface area contributed by atoms with Crippen molar-refractivity contribution >= 4 is 47.6 Å². The number of alkyl halides is 4. The van der Waals surface area contributed by atoms with Gasteiger partial charge >= 0.3 is 35.8 Å². The summed E-state index contributed by atoms with van der Waals surface area (Å²) in [6, 6.07) is -5.08. The Bertz CT molecular complexity index is 1140. The lowest BCUT2D eigenvalue weighted by atomic mass is 10.1. The van der Waals surface area contributed by atoms with Crippen LogP contribution in [0.1, 0.15) is 38.5 Å².